The lowest BCUT2D eigenvalue weighted by Gasteiger charge is -2.09. The number of carbonyl (C=O) groups is 1. The van der Waals surface area contributed by atoms with E-state index in [2.05, 4.69) is 6.58 Å². The predicted molar refractivity (Wildman–Crippen MR) is 90.8 cm³/mol. The van der Waals surface area contributed by atoms with Gasteiger partial charge in [0.1, 0.15) is 24.7 Å². The van der Waals surface area contributed by atoms with Gasteiger partial charge in [0.15, 0.2) is 0 Å². The summed E-state index contributed by atoms with van der Waals surface area (Å²) in [6.07, 6.45) is 1.10. The van der Waals surface area contributed by atoms with E-state index >= 15 is 0 Å². The summed E-state index contributed by atoms with van der Waals surface area (Å²) in [5.74, 6) is 1.00. The Kier molecular flexibility index (Phi) is 6.56. The molecule has 0 saturated carbocycles. The van der Waals surface area contributed by atoms with Crippen molar-refractivity contribution >= 4 is 17.7 Å². The van der Waals surface area contributed by atoms with Crippen molar-refractivity contribution in [3.63, 3.8) is 0 Å². The zero-order chi connectivity index (χ0) is 16.5. The van der Waals surface area contributed by atoms with Gasteiger partial charge in [-0.1, -0.05) is 36.9 Å². The lowest BCUT2D eigenvalue weighted by Crippen LogP contribution is -2.10. The Morgan fingerprint density at radius 3 is 2.65 bits per heavy atom. The molecular formula is C18H18O4S. The van der Waals surface area contributed by atoms with E-state index in [1.165, 1.54) is 5.56 Å². The van der Waals surface area contributed by atoms with Crippen LogP contribution in [0.25, 0.3) is 0 Å². The molecule has 0 heterocycles. The van der Waals surface area contributed by atoms with E-state index in [0.29, 0.717) is 5.75 Å². The van der Waals surface area contributed by atoms with Crippen molar-refractivity contribution in [1.29, 1.82) is 0 Å². The molecular weight excluding hydrogens is 312 g/mol. The quantitative estimate of drug-likeness (QED) is 0.345. The fourth-order valence-electron chi connectivity index (χ4n) is 1.81. The molecule has 0 aliphatic rings. The highest BCUT2D eigenvalue weighted by atomic mass is 32.2. The molecule has 0 fully saturated rings. The molecule has 0 aliphatic carbocycles. The molecule has 2 aromatic rings. The lowest BCUT2D eigenvalue weighted by molar-refractivity contribution is -0.138. The highest BCUT2D eigenvalue weighted by Crippen LogP contribution is 2.33. The Hall–Kier alpha value is -2.40. The molecule has 23 heavy (non-hydrogen) atoms. The minimum Gasteiger partial charge on any atom is -0.507 e. The van der Waals surface area contributed by atoms with Crippen molar-refractivity contribution in [3.05, 3.63) is 66.7 Å². The third-order valence-electron chi connectivity index (χ3n) is 2.93. The summed E-state index contributed by atoms with van der Waals surface area (Å²) in [6, 6.07) is 15.2. The molecule has 2 rings (SSSR count). The van der Waals surface area contributed by atoms with E-state index in [-0.39, 0.29) is 19.0 Å². The van der Waals surface area contributed by atoms with Gasteiger partial charge in [-0.3, -0.25) is 0 Å². The number of benzene rings is 2. The van der Waals surface area contributed by atoms with E-state index in [4.69, 9.17) is 9.47 Å². The van der Waals surface area contributed by atoms with Crippen LogP contribution in [0.4, 0.5) is 0 Å². The van der Waals surface area contributed by atoms with Crippen molar-refractivity contribution in [1.82, 2.24) is 0 Å². The summed E-state index contributed by atoms with van der Waals surface area (Å²) in [5, 5.41) is 10.1. The van der Waals surface area contributed by atoms with Crippen LogP contribution in [0.3, 0.4) is 0 Å². The number of hydrogen-bond acceptors (Lipinski definition) is 5. The molecule has 1 N–H and O–H groups in total. The fourth-order valence-corrected chi connectivity index (χ4v) is 2.69. The average molecular weight is 330 g/mol. The molecule has 2 aromatic carbocycles. The first-order valence-electron chi connectivity index (χ1n) is 7.11. The number of phenols is 1. The number of phenolic OH excluding ortho intramolecular Hbond substituents is 1. The molecule has 120 valence electrons. The van der Waals surface area contributed by atoms with Crippen LogP contribution in [0.1, 0.15) is 5.56 Å². The number of rotatable bonds is 8. The Morgan fingerprint density at radius 2 is 1.96 bits per heavy atom. The van der Waals surface area contributed by atoms with E-state index in [1.807, 2.05) is 36.4 Å². The lowest BCUT2D eigenvalue weighted by atomic mass is 10.2. The Balaban J connectivity index is 1.83. The Morgan fingerprint density at radius 1 is 1.17 bits per heavy atom. The molecule has 0 amide bonds. The highest BCUT2D eigenvalue weighted by Gasteiger charge is 2.05. The van der Waals surface area contributed by atoms with Crippen LogP contribution < -0.4 is 4.74 Å². The van der Waals surface area contributed by atoms with Gasteiger partial charge in [0.25, 0.3) is 0 Å². The van der Waals surface area contributed by atoms with Crippen molar-refractivity contribution in [2.24, 2.45) is 0 Å². The monoisotopic (exact) mass is 330 g/mol. The first kappa shape index (κ1) is 17.0. The molecule has 0 saturated heterocycles. The number of hydrogen-bond donors (Lipinski definition) is 1. The molecule has 0 bridgehead atoms. The smallest absolute Gasteiger partial charge is 0.330 e. The van der Waals surface area contributed by atoms with Crippen LogP contribution in [0, 0.1) is 0 Å². The molecule has 0 atom stereocenters. The van der Waals surface area contributed by atoms with Gasteiger partial charge < -0.3 is 14.6 Å². The minimum absolute atomic E-state index is 0.135. The molecule has 0 unspecified atom stereocenters. The number of esters is 1. The van der Waals surface area contributed by atoms with E-state index in [9.17, 15) is 9.90 Å². The number of ether oxygens (including phenoxy) is 2. The summed E-state index contributed by atoms with van der Waals surface area (Å²) >= 11 is 1.56. The van der Waals surface area contributed by atoms with Crippen molar-refractivity contribution < 1.29 is 19.4 Å². The second-order valence-corrected chi connectivity index (χ2v) is 5.64. The van der Waals surface area contributed by atoms with Gasteiger partial charge in [-0.15, -0.1) is 11.8 Å². The molecule has 0 aliphatic heterocycles. The van der Waals surface area contributed by atoms with Crippen molar-refractivity contribution in [2.45, 2.75) is 10.6 Å². The van der Waals surface area contributed by atoms with Crippen LogP contribution >= 0.6 is 11.8 Å². The minimum atomic E-state index is -0.482. The zero-order valence-electron chi connectivity index (χ0n) is 12.6. The average Bonchev–Trinajstić information content (AvgIpc) is 2.58. The topological polar surface area (TPSA) is 55.8 Å². The molecule has 0 spiro atoms. The SMILES string of the molecule is C=CC(=O)OCCOc1ccc(SCc2ccccc2)c(O)c1. The van der Waals surface area contributed by atoms with Gasteiger partial charge in [0.05, 0.1) is 0 Å². The number of aromatic hydroxyl groups is 1. The van der Waals surface area contributed by atoms with E-state index in [1.54, 1.807) is 23.9 Å². The Labute approximate surface area is 139 Å². The summed E-state index contributed by atoms with van der Waals surface area (Å²) in [4.78, 5) is 11.7. The van der Waals surface area contributed by atoms with Gasteiger partial charge in [-0.25, -0.2) is 4.79 Å². The van der Waals surface area contributed by atoms with Crippen molar-refractivity contribution in [2.75, 3.05) is 13.2 Å². The molecule has 5 heteroatoms. The first-order chi connectivity index (χ1) is 11.2. The second-order valence-electron chi connectivity index (χ2n) is 4.62. The van der Waals surface area contributed by atoms with Crippen LogP contribution in [0.2, 0.25) is 0 Å². The van der Waals surface area contributed by atoms with Gasteiger partial charge in [0, 0.05) is 22.8 Å². The largest absolute Gasteiger partial charge is 0.507 e. The third-order valence-corrected chi connectivity index (χ3v) is 4.06. The summed E-state index contributed by atoms with van der Waals surface area (Å²) in [6.45, 7) is 3.66. The van der Waals surface area contributed by atoms with Crippen molar-refractivity contribution in [3.8, 4) is 11.5 Å². The molecule has 0 radical (unpaired) electrons. The van der Waals surface area contributed by atoms with Gasteiger partial charge in [-0.05, 0) is 17.7 Å². The number of thioether (sulfide) groups is 1. The van der Waals surface area contributed by atoms with Gasteiger partial charge >= 0.3 is 5.97 Å². The first-order valence-corrected chi connectivity index (χ1v) is 8.09. The van der Waals surface area contributed by atoms with Crippen LogP contribution in [-0.2, 0) is 15.3 Å². The highest BCUT2D eigenvalue weighted by molar-refractivity contribution is 7.98. The summed E-state index contributed by atoms with van der Waals surface area (Å²) < 4.78 is 10.2. The summed E-state index contributed by atoms with van der Waals surface area (Å²) in [7, 11) is 0. The van der Waals surface area contributed by atoms with Crippen LogP contribution in [0.5, 0.6) is 11.5 Å². The maximum absolute atomic E-state index is 10.9. The third kappa shape index (κ3) is 5.71. The zero-order valence-corrected chi connectivity index (χ0v) is 13.4. The summed E-state index contributed by atoms with van der Waals surface area (Å²) in [5.41, 5.74) is 1.20. The molecule has 0 aromatic heterocycles. The predicted octanol–water partition coefficient (Wildman–Crippen LogP) is 3.79. The van der Waals surface area contributed by atoms with Crippen LogP contribution in [0.15, 0.2) is 66.1 Å². The van der Waals surface area contributed by atoms with Gasteiger partial charge in [-0.2, -0.15) is 0 Å². The fraction of sp³-hybridized carbons (Fsp3) is 0.167. The number of carbonyl (C=O) groups excluding carboxylic acids is 1. The molecule has 4 nitrogen and oxygen atoms in total. The van der Waals surface area contributed by atoms with Gasteiger partial charge in [0.2, 0.25) is 0 Å². The maximum atomic E-state index is 10.9. The Bertz CT molecular complexity index is 655. The normalized spacial score (nSPS) is 10.1. The maximum Gasteiger partial charge on any atom is 0.330 e. The van der Waals surface area contributed by atoms with E-state index < -0.39 is 5.97 Å². The van der Waals surface area contributed by atoms with Crippen LogP contribution in [-0.4, -0.2) is 24.3 Å². The standard InChI is InChI=1S/C18H18O4S/c1-2-18(20)22-11-10-21-15-8-9-17(16(19)12-15)23-13-14-6-4-3-5-7-14/h2-9,12,19H,1,10-11,13H2. The van der Waals surface area contributed by atoms with E-state index in [0.717, 1.165) is 16.7 Å². The second kappa shape index (κ2) is 8.90.